The fraction of sp³-hybridized carbons (Fsp3) is 1.00. The minimum atomic E-state index is 0.873. The summed E-state index contributed by atoms with van der Waals surface area (Å²) >= 11 is 0. The Morgan fingerprint density at radius 1 is 0.440 bits per heavy atom. The molecule has 0 rings (SSSR count). The van der Waals surface area contributed by atoms with Crippen LogP contribution in [-0.4, -0.2) is 29.9 Å². The van der Waals surface area contributed by atoms with E-state index in [4.69, 9.17) is 5.73 Å². The molecular weight excluding hydrogens is 320 g/mol. The van der Waals surface area contributed by atoms with Gasteiger partial charge in [-0.2, -0.15) is 0 Å². The van der Waals surface area contributed by atoms with Gasteiger partial charge in [-0.1, -0.05) is 102 Å². The Labute approximate surface area is 162 Å². The van der Waals surface area contributed by atoms with Crippen LogP contribution in [-0.2, 0) is 0 Å². The highest BCUT2D eigenvalue weighted by Crippen LogP contribution is 2.13. The number of hydrogen-bond donors (Lipinski definition) is 2. The van der Waals surface area contributed by atoms with Gasteiger partial charge in [0.05, 0.1) is 0 Å². The highest BCUT2D eigenvalue weighted by molar-refractivity contribution is 6.08. The number of hydrogen-bond acceptors (Lipinski definition) is 2. The average Bonchev–Trinajstić information content (AvgIpc) is 2.63. The lowest BCUT2D eigenvalue weighted by Crippen LogP contribution is -2.16. The fourth-order valence-electron chi connectivity index (χ4n) is 3.47. The van der Waals surface area contributed by atoms with Crippen LogP contribution in [0.2, 0.25) is 6.04 Å². The molecule has 0 aromatic heterocycles. The van der Waals surface area contributed by atoms with E-state index in [2.05, 4.69) is 5.32 Å². The Kier molecular flexibility index (Phi) is 24.3. The average molecular weight is 371 g/mol. The molecule has 152 valence electrons. The predicted molar refractivity (Wildman–Crippen MR) is 120 cm³/mol. The minimum absolute atomic E-state index is 0.873. The van der Waals surface area contributed by atoms with Crippen molar-refractivity contribution in [3.05, 3.63) is 0 Å². The lowest BCUT2D eigenvalue weighted by Gasteiger charge is -2.05. The molecule has 0 aromatic rings. The largest absolute Gasteiger partial charge is 0.330 e. The van der Waals surface area contributed by atoms with E-state index in [9.17, 15) is 0 Å². The minimum Gasteiger partial charge on any atom is -0.330 e. The molecule has 3 N–H and O–H groups in total. The summed E-state index contributed by atoms with van der Waals surface area (Å²) in [5, 5.41) is 3.56. The molecule has 0 unspecified atom stereocenters. The van der Waals surface area contributed by atoms with Crippen LogP contribution in [0, 0.1) is 0 Å². The van der Waals surface area contributed by atoms with Crippen LogP contribution in [0.3, 0.4) is 0 Å². The first-order valence-electron chi connectivity index (χ1n) is 11.8. The van der Waals surface area contributed by atoms with Crippen molar-refractivity contribution in [3.63, 3.8) is 0 Å². The van der Waals surface area contributed by atoms with Gasteiger partial charge in [0.15, 0.2) is 0 Å². The van der Waals surface area contributed by atoms with E-state index in [1.807, 2.05) is 0 Å². The molecule has 3 heteroatoms. The Morgan fingerprint density at radius 3 is 1.12 bits per heavy atom. The third-order valence-electron chi connectivity index (χ3n) is 5.26. The first-order valence-corrected chi connectivity index (χ1v) is 13.2. The van der Waals surface area contributed by atoms with E-state index in [0.29, 0.717) is 0 Å². The van der Waals surface area contributed by atoms with E-state index in [1.165, 1.54) is 145 Å². The summed E-state index contributed by atoms with van der Waals surface area (Å²) in [5.41, 5.74) is 5.51. The molecule has 0 saturated carbocycles. The summed E-state index contributed by atoms with van der Waals surface area (Å²) in [6.45, 7) is 3.37. The molecule has 0 fully saturated rings. The molecule has 0 radical (unpaired) electrons. The lowest BCUT2D eigenvalue weighted by molar-refractivity contribution is 0.522. The van der Waals surface area contributed by atoms with Crippen molar-refractivity contribution in [2.24, 2.45) is 5.73 Å². The zero-order valence-corrected chi connectivity index (χ0v) is 19.6. The van der Waals surface area contributed by atoms with Crippen LogP contribution in [0.1, 0.15) is 116 Å². The van der Waals surface area contributed by atoms with Crippen LogP contribution in [0.4, 0.5) is 0 Å². The van der Waals surface area contributed by atoms with E-state index in [1.54, 1.807) is 0 Å². The van der Waals surface area contributed by atoms with Crippen molar-refractivity contribution in [3.8, 4) is 0 Å². The third-order valence-corrected chi connectivity index (χ3v) is 5.97. The van der Waals surface area contributed by atoms with Gasteiger partial charge in [0, 0.05) is 10.2 Å². The van der Waals surface area contributed by atoms with Crippen molar-refractivity contribution in [1.29, 1.82) is 0 Å². The summed E-state index contributed by atoms with van der Waals surface area (Å²) in [6, 6.07) is 1.45. The molecular formula is C22H50N2Si. The van der Waals surface area contributed by atoms with Gasteiger partial charge < -0.3 is 11.1 Å². The van der Waals surface area contributed by atoms with Crippen molar-refractivity contribution < 1.29 is 0 Å². The molecule has 0 spiro atoms. The van der Waals surface area contributed by atoms with E-state index in [-0.39, 0.29) is 0 Å². The normalized spacial score (nSPS) is 11.4. The molecule has 0 heterocycles. The van der Waals surface area contributed by atoms with Crippen molar-refractivity contribution in [2.45, 2.75) is 122 Å². The van der Waals surface area contributed by atoms with Gasteiger partial charge in [0.2, 0.25) is 0 Å². The fourth-order valence-corrected chi connectivity index (χ4v) is 3.83. The summed E-state index contributed by atoms with van der Waals surface area (Å²) in [4.78, 5) is 0. The SMILES string of the molecule is NCCCCCCCCCCCCCCCCCCCNCCC[SiH3]. The van der Waals surface area contributed by atoms with Gasteiger partial charge in [-0.15, -0.1) is 0 Å². The zero-order valence-electron chi connectivity index (χ0n) is 17.6. The first-order chi connectivity index (χ1) is 12.4. The number of unbranched alkanes of at least 4 members (excludes halogenated alkanes) is 16. The number of nitrogens with two attached hydrogens (primary N) is 1. The standard InChI is InChI=1S/C22H50N2Si/c23-19-16-14-12-10-8-6-4-2-1-3-5-7-9-11-13-15-17-20-24-21-18-22-25/h24H,1-23H2,25H3. The third kappa shape index (κ3) is 24.1. The monoisotopic (exact) mass is 370 g/mol. The maximum Gasteiger partial charge on any atom is 0.00286 e. The highest BCUT2D eigenvalue weighted by Gasteiger charge is 1.95. The number of rotatable bonds is 22. The summed E-state index contributed by atoms with van der Waals surface area (Å²) in [6.07, 6.45) is 25.7. The zero-order chi connectivity index (χ0) is 18.3. The van der Waals surface area contributed by atoms with Gasteiger partial charge in [0.25, 0.3) is 0 Å². The molecule has 0 aliphatic carbocycles. The van der Waals surface area contributed by atoms with Crippen LogP contribution in [0.15, 0.2) is 0 Å². The molecule has 0 atom stereocenters. The maximum absolute atomic E-state index is 5.51. The van der Waals surface area contributed by atoms with E-state index < -0.39 is 0 Å². The van der Waals surface area contributed by atoms with Gasteiger partial charge in [-0.3, -0.25) is 0 Å². The summed E-state index contributed by atoms with van der Waals surface area (Å²) in [5.74, 6) is 0. The van der Waals surface area contributed by atoms with Gasteiger partial charge >= 0.3 is 0 Å². The second kappa shape index (κ2) is 24.1. The van der Waals surface area contributed by atoms with E-state index in [0.717, 1.165) is 6.54 Å². The number of nitrogens with one attached hydrogen (secondary N) is 1. The molecule has 0 saturated heterocycles. The van der Waals surface area contributed by atoms with Crippen LogP contribution in [0.25, 0.3) is 0 Å². The van der Waals surface area contributed by atoms with Crippen LogP contribution >= 0.6 is 0 Å². The molecule has 25 heavy (non-hydrogen) atoms. The molecule has 2 nitrogen and oxygen atoms in total. The topological polar surface area (TPSA) is 38.0 Å². The van der Waals surface area contributed by atoms with Crippen LogP contribution in [0.5, 0.6) is 0 Å². The molecule has 0 aromatic carbocycles. The van der Waals surface area contributed by atoms with Crippen molar-refractivity contribution in [2.75, 3.05) is 19.6 Å². The Hall–Kier alpha value is 0.137. The molecule has 0 aliphatic heterocycles. The smallest absolute Gasteiger partial charge is 0.00286 e. The van der Waals surface area contributed by atoms with Crippen molar-refractivity contribution in [1.82, 2.24) is 5.32 Å². The lowest BCUT2D eigenvalue weighted by atomic mass is 10.0. The molecule has 0 aliphatic rings. The Morgan fingerprint density at radius 2 is 0.760 bits per heavy atom. The highest BCUT2D eigenvalue weighted by atomic mass is 28.1. The Balaban J connectivity index is 2.94. The second-order valence-electron chi connectivity index (χ2n) is 7.90. The van der Waals surface area contributed by atoms with Gasteiger partial charge in [-0.05, 0) is 38.9 Å². The van der Waals surface area contributed by atoms with Crippen LogP contribution < -0.4 is 11.1 Å². The predicted octanol–water partition coefficient (Wildman–Crippen LogP) is 5.34. The Bertz CT molecular complexity index is 202. The van der Waals surface area contributed by atoms with E-state index >= 15 is 0 Å². The molecule has 0 amide bonds. The quantitative estimate of drug-likeness (QED) is 0.199. The van der Waals surface area contributed by atoms with Gasteiger partial charge in [-0.25, -0.2) is 0 Å². The molecule has 0 bridgehead atoms. The maximum atomic E-state index is 5.51. The summed E-state index contributed by atoms with van der Waals surface area (Å²) < 4.78 is 0. The summed E-state index contributed by atoms with van der Waals surface area (Å²) in [7, 11) is 1.37. The van der Waals surface area contributed by atoms with Crippen molar-refractivity contribution >= 4 is 10.2 Å². The first kappa shape index (κ1) is 25.1. The second-order valence-corrected chi connectivity index (χ2v) is 8.90. The van der Waals surface area contributed by atoms with Gasteiger partial charge in [0.1, 0.15) is 0 Å².